The average molecular weight is 817 g/mol. The van der Waals surface area contributed by atoms with E-state index < -0.39 is 0 Å². The molecule has 0 fully saturated rings. The molecule has 0 saturated carbocycles. The van der Waals surface area contributed by atoms with Crippen molar-refractivity contribution >= 4 is 92.8 Å². The van der Waals surface area contributed by atoms with E-state index in [1.165, 1.54) is 22.5 Å². The monoisotopic (exact) mass is 814 g/mol. The van der Waals surface area contributed by atoms with Gasteiger partial charge in [-0.15, -0.1) is 11.3 Å². The van der Waals surface area contributed by atoms with E-state index >= 15 is 0 Å². The second-order valence-electron chi connectivity index (χ2n) is 10.2. The number of alkyl halides is 1. The molecule has 1 aromatic heterocycles. The number of nitrogens with one attached hydrogen (secondary N) is 2. The van der Waals surface area contributed by atoms with Gasteiger partial charge in [0.15, 0.2) is 10.9 Å². The summed E-state index contributed by atoms with van der Waals surface area (Å²) in [5.74, 6) is 0.121. The van der Waals surface area contributed by atoms with E-state index in [2.05, 4.69) is 89.4 Å². The lowest BCUT2D eigenvalue weighted by Gasteiger charge is -2.13. The Morgan fingerprint density at radius 3 is 1.53 bits per heavy atom. The Balaban J connectivity index is 0.000000227. The van der Waals surface area contributed by atoms with Gasteiger partial charge < -0.3 is 21.5 Å². The SMILES string of the molecule is CCO.Cc1cc(Nc2ccc(Br)cc2)cc(C)c1-c1csc(N)n1.Cc1cc(Nc2ccc(Br)cc2)cc(C)c1C(=O)CBr. The number of nitrogens with zero attached hydrogens (tertiary/aromatic N) is 1. The zero-order valence-corrected chi connectivity index (χ0v) is 31.4. The molecule has 1 heterocycles. The van der Waals surface area contributed by atoms with Crippen LogP contribution in [0, 0.1) is 27.7 Å². The van der Waals surface area contributed by atoms with E-state index in [1.54, 1.807) is 6.92 Å². The molecule has 6 nitrogen and oxygen atoms in total. The number of aryl methyl sites for hydroxylation is 4. The molecule has 0 spiro atoms. The van der Waals surface area contributed by atoms with Crippen molar-refractivity contribution in [3.05, 3.63) is 115 Å². The minimum absolute atomic E-state index is 0.121. The Morgan fingerprint density at radius 1 is 0.778 bits per heavy atom. The number of Topliss-reactive ketones (excluding diaryl/α,β-unsaturated/α-hetero) is 1. The van der Waals surface area contributed by atoms with E-state index in [0.29, 0.717) is 10.5 Å². The molecule has 4 aromatic carbocycles. The first-order chi connectivity index (χ1) is 21.4. The highest BCUT2D eigenvalue weighted by Gasteiger charge is 2.13. The van der Waals surface area contributed by atoms with Crippen LogP contribution in [0.3, 0.4) is 0 Å². The van der Waals surface area contributed by atoms with Crippen LogP contribution >= 0.6 is 59.1 Å². The molecule has 0 aliphatic carbocycles. The van der Waals surface area contributed by atoms with Gasteiger partial charge in [-0.25, -0.2) is 4.98 Å². The predicted molar refractivity (Wildman–Crippen MR) is 203 cm³/mol. The Labute approximate surface area is 294 Å². The second kappa shape index (κ2) is 17.6. The van der Waals surface area contributed by atoms with Gasteiger partial charge in [-0.05, 0) is 130 Å². The van der Waals surface area contributed by atoms with E-state index in [-0.39, 0.29) is 12.4 Å². The summed E-state index contributed by atoms with van der Waals surface area (Å²) < 4.78 is 2.12. The fraction of sp³-hybridized carbons (Fsp3) is 0.200. The number of thiazole rings is 1. The Kier molecular flexibility index (Phi) is 14.3. The number of anilines is 5. The molecular weight excluding hydrogens is 780 g/mol. The Bertz CT molecular complexity index is 1680. The number of hydrogen-bond donors (Lipinski definition) is 4. The van der Waals surface area contributed by atoms with Crippen LogP contribution < -0.4 is 16.4 Å². The molecule has 0 aliphatic heterocycles. The van der Waals surface area contributed by atoms with Gasteiger partial charge in [0.05, 0.1) is 11.0 Å². The summed E-state index contributed by atoms with van der Waals surface area (Å²) in [5, 5.41) is 17.3. The van der Waals surface area contributed by atoms with Gasteiger partial charge in [0.25, 0.3) is 0 Å². The Morgan fingerprint density at radius 2 is 1.18 bits per heavy atom. The minimum Gasteiger partial charge on any atom is -0.397 e. The van der Waals surface area contributed by atoms with Crippen molar-refractivity contribution in [2.75, 3.05) is 28.3 Å². The number of aliphatic hydroxyl groups is 1. The fourth-order valence-electron chi connectivity index (χ4n) is 4.78. The highest BCUT2D eigenvalue weighted by molar-refractivity contribution is 9.10. The van der Waals surface area contributed by atoms with Crippen molar-refractivity contribution in [2.45, 2.75) is 34.6 Å². The number of carbonyl (C=O) groups excluding carboxylic acids is 1. The van der Waals surface area contributed by atoms with E-state index in [0.717, 1.165) is 59.6 Å². The molecule has 5 aromatic rings. The summed E-state index contributed by atoms with van der Waals surface area (Å²) in [6.45, 7) is 10.1. The van der Waals surface area contributed by atoms with Crippen molar-refractivity contribution in [1.29, 1.82) is 0 Å². The summed E-state index contributed by atoms with van der Waals surface area (Å²) in [4.78, 5) is 16.3. The van der Waals surface area contributed by atoms with Crippen LogP contribution in [0.4, 0.5) is 27.9 Å². The molecule has 5 rings (SSSR count). The van der Waals surface area contributed by atoms with Crippen LogP contribution in [0.15, 0.2) is 87.1 Å². The highest BCUT2D eigenvalue weighted by atomic mass is 79.9. The third-order valence-electron chi connectivity index (χ3n) is 6.51. The highest BCUT2D eigenvalue weighted by Crippen LogP contribution is 2.32. The lowest BCUT2D eigenvalue weighted by molar-refractivity contribution is 0.102. The van der Waals surface area contributed by atoms with E-state index in [1.807, 2.05) is 79.9 Å². The van der Waals surface area contributed by atoms with Crippen molar-refractivity contribution in [3.63, 3.8) is 0 Å². The standard InChI is InChI=1S/C17H16BrN3S.C16H15Br2NO.C2H6O/c1-10-7-14(20-13-5-3-12(18)4-6-13)8-11(2)16(10)15-9-22-17(19)21-15;1-10-7-14(8-11(2)16(10)15(20)9-17)19-13-5-3-12(18)4-6-13;1-2-3/h3-9,20H,1-2H3,(H2,19,21);3-8,19H,9H2,1-2H3;3H,2H2,1H3. The number of aliphatic hydroxyl groups excluding tert-OH is 1. The molecular formula is C35H37Br3N4O2S. The van der Waals surface area contributed by atoms with Crippen molar-refractivity contribution in [3.8, 4) is 11.3 Å². The van der Waals surface area contributed by atoms with Crippen LogP contribution in [0.1, 0.15) is 39.5 Å². The molecule has 45 heavy (non-hydrogen) atoms. The zero-order valence-electron chi connectivity index (χ0n) is 25.8. The largest absolute Gasteiger partial charge is 0.397 e. The Hall–Kier alpha value is -3.02. The molecule has 0 amide bonds. The number of benzene rings is 4. The molecule has 0 atom stereocenters. The lowest BCUT2D eigenvalue weighted by Crippen LogP contribution is -2.06. The first-order valence-electron chi connectivity index (χ1n) is 14.1. The number of carbonyl (C=O) groups is 1. The summed E-state index contributed by atoms with van der Waals surface area (Å²) >= 11 is 11.6. The zero-order chi connectivity index (χ0) is 33.1. The van der Waals surface area contributed by atoms with Gasteiger partial charge in [0.1, 0.15) is 0 Å². The number of rotatable bonds is 7. The number of halogens is 3. The minimum atomic E-state index is 0.121. The van der Waals surface area contributed by atoms with Crippen LogP contribution in [0.5, 0.6) is 0 Å². The summed E-state index contributed by atoms with van der Waals surface area (Å²) in [7, 11) is 0. The number of nitrogens with two attached hydrogens (primary N) is 1. The summed E-state index contributed by atoms with van der Waals surface area (Å²) in [6, 6.07) is 24.4. The molecule has 0 saturated heterocycles. The van der Waals surface area contributed by atoms with Gasteiger partial charge in [-0.2, -0.15) is 0 Å². The first-order valence-corrected chi connectivity index (χ1v) is 17.7. The normalized spacial score (nSPS) is 10.2. The van der Waals surface area contributed by atoms with Gasteiger partial charge in [-0.1, -0.05) is 47.8 Å². The molecule has 0 bridgehead atoms. The van der Waals surface area contributed by atoms with Crippen LogP contribution in [-0.2, 0) is 0 Å². The fourth-order valence-corrected chi connectivity index (χ4v) is 6.15. The smallest absolute Gasteiger partial charge is 0.180 e. The number of hydrogen-bond acceptors (Lipinski definition) is 7. The summed E-state index contributed by atoms with van der Waals surface area (Å²) in [5.41, 5.74) is 17.2. The maximum absolute atomic E-state index is 11.9. The number of nitrogen functional groups attached to an aromatic ring is 1. The van der Waals surface area contributed by atoms with Gasteiger partial charge in [0, 0.05) is 54.8 Å². The molecule has 5 N–H and O–H groups in total. The molecule has 10 heteroatoms. The third kappa shape index (κ3) is 10.8. The lowest BCUT2D eigenvalue weighted by atomic mass is 9.99. The number of ketones is 1. The number of aromatic nitrogens is 1. The van der Waals surface area contributed by atoms with Gasteiger partial charge in [-0.3, -0.25) is 4.79 Å². The topological polar surface area (TPSA) is 100 Å². The van der Waals surface area contributed by atoms with Crippen molar-refractivity contribution < 1.29 is 9.90 Å². The second-order valence-corrected chi connectivity index (χ2v) is 13.5. The maximum atomic E-state index is 11.9. The first kappa shape index (κ1) is 36.4. The van der Waals surface area contributed by atoms with Gasteiger partial charge >= 0.3 is 0 Å². The quantitative estimate of drug-likeness (QED) is 0.0964. The third-order valence-corrected chi connectivity index (χ3v) is 8.75. The van der Waals surface area contributed by atoms with Crippen LogP contribution in [-0.4, -0.2) is 27.8 Å². The molecule has 0 unspecified atom stereocenters. The maximum Gasteiger partial charge on any atom is 0.180 e. The van der Waals surface area contributed by atoms with Gasteiger partial charge in [0.2, 0.25) is 0 Å². The van der Waals surface area contributed by atoms with E-state index in [4.69, 9.17) is 10.8 Å². The van der Waals surface area contributed by atoms with E-state index in [9.17, 15) is 4.79 Å². The summed E-state index contributed by atoms with van der Waals surface area (Å²) in [6.07, 6.45) is 0. The average Bonchev–Trinajstić information content (AvgIpc) is 3.41. The van der Waals surface area contributed by atoms with Crippen molar-refractivity contribution in [2.24, 2.45) is 0 Å². The molecule has 0 aliphatic rings. The van der Waals surface area contributed by atoms with Crippen molar-refractivity contribution in [1.82, 2.24) is 4.98 Å². The predicted octanol–water partition coefficient (Wildman–Crippen LogP) is 10.9. The molecule has 0 radical (unpaired) electrons. The van der Waals surface area contributed by atoms with Crippen LogP contribution in [0.25, 0.3) is 11.3 Å². The molecule has 236 valence electrons. The van der Waals surface area contributed by atoms with Crippen LogP contribution in [0.2, 0.25) is 0 Å².